The van der Waals surface area contributed by atoms with Gasteiger partial charge in [0.1, 0.15) is 17.2 Å². The van der Waals surface area contributed by atoms with E-state index in [2.05, 4.69) is 10.3 Å². The molecule has 0 radical (unpaired) electrons. The molecule has 0 saturated carbocycles. The summed E-state index contributed by atoms with van der Waals surface area (Å²) >= 11 is 0. The first-order chi connectivity index (χ1) is 8.76. The van der Waals surface area contributed by atoms with E-state index in [-0.39, 0.29) is 0 Å². The summed E-state index contributed by atoms with van der Waals surface area (Å²) in [6, 6.07) is 5.59. The van der Waals surface area contributed by atoms with Crippen LogP contribution in [0.25, 0.3) is 11.3 Å². The molecule has 0 atom stereocenters. The second-order valence-corrected chi connectivity index (χ2v) is 3.76. The van der Waals surface area contributed by atoms with Crippen molar-refractivity contribution in [3.8, 4) is 22.8 Å². The maximum Gasteiger partial charge on any atom is 0.123 e. The molecule has 0 saturated heterocycles. The predicted molar refractivity (Wildman–Crippen MR) is 67.6 cm³/mol. The number of rotatable bonds is 5. The summed E-state index contributed by atoms with van der Waals surface area (Å²) in [4.78, 5) is 0. The maximum absolute atomic E-state index is 5.47. The van der Waals surface area contributed by atoms with Gasteiger partial charge in [0.25, 0.3) is 0 Å². The molecular weight excluding hydrogens is 232 g/mol. The van der Waals surface area contributed by atoms with Crippen LogP contribution in [0.4, 0.5) is 0 Å². The maximum atomic E-state index is 5.47. The van der Waals surface area contributed by atoms with Crippen LogP contribution in [0.1, 0.15) is 0 Å². The zero-order valence-corrected chi connectivity index (χ0v) is 10.5. The van der Waals surface area contributed by atoms with Gasteiger partial charge in [-0.25, -0.2) is 0 Å². The zero-order valence-electron chi connectivity index (χ0n) is 10.5. The van der Waals surface area contributed by atoms with Crippen LogP contribution in [0.3, 0.4) is 0 Å². The molecule has 2 aromatic rings. The summed E-state index contributed by atoms with van der Waals surface area (Å²) < 4.78 is 12.1. The Labute approximate surface area is 105 Å². The zero-order chi connectivity index (χ0) is 13.0. The Kier molecular flexibility index (Phi) is 3.78. The van der Waals surface area contributed by atoms with Crippen LogP contribution < -0.4 is 15.2 Å². The van der Waals surface area contributed by atoms with Crippen LogP contribution >= 0.6 is 0 Å². The fourth-order valence-corrected chi connectivity index (χ4v) is 1.63. The van der Waals surface area contributed by atoms with Gasteiger partial charge in [0.2, 0.25) is 0 Å². The summed E-state index contributed by atoms with van der Waals surface area (Å²) in [7, 11) is 3.23. The van der Waals surface area contributed by atoms with E-state index in [0.717, 1.165) is 22.8 Å². The minimum absolute atomic E-state index is 0.532. The molecule has 18 heavy (non-hydrogen) atoms. The van der Waals surface area contributed by atoms with Crippen LogP contribution in [-0.4, -0.2) is 35.8 Å². The molecule has 6 heteroatoms. The molecule has 6 nitrogen and oxygen atoms in total. The molecule has 0 amide bonds. The third-order valence-electron chi connectivity index (χ3n) is 2.54. The molecule has 1 aromatic heterocycles. The van der Waals surface area contributed by atoms with Crippen molar-refractivity contribution < 1.29 is 9.47 Å². The molecule has 1 heterocycles. The second kappa shape index (κ2) is 5.50. The van der Waals surface area contributed by atoms with E-state index < -0.39 is 0 Å². The minimum Gasteiger partial charge on any atom is -0.497 e. The normalized spacial score (nSPS) is 10.4. The first-order valence-electron chi connectivity index (χ1n) is 5.60. The Balaban J connectivity index is 2.35. The molecule has 0 fully saturated rings. The third kappa shape index (κ3) is 2.60. The molecular formula is C12H16N4O2. The molecule has 0 spiro atoms. The third-order valence-corrected chi connectivity index (χ3v) is 2.54. The SMILES string of the molecule is COc1cc(OC)cc(-c2cn(CCN)nn2)c1. The Morgan fingerprint density at radius 2 is 1.83 bits per heavy atom. The van der Waals surface area contributed by atoms with Crippen molar-refractivity contribution in [1.29, 1.82) is 0 Å². The summed E-state index contributed by atoms with van der Waals surface area (Å²) in [5, 5.41) is 8.10. The Morgan fingerprint density at radius 3 is 2.39 bits per heavy atom. The molecule has 0 bridgehead atoms. The van der Waals surface area contributed by atoms with Gasteiger partial charge in [-0.1, -0.05) is 5.21 Å². The lowest BCUT2D eigenvalue weighted by atomic mass is 10.1. The summed E-state index contributed by atoms with van der Waals surface area (Å²) in [5.74, 6) is 1.44. The van der Waals surface area contributed by atoms with Gasteiger partial charge < -0.3 is 15.2 Å². The van der Waals surface area contributed by atoms with Gasteiger partial charge in [-0.2, -0.15) is 0 Å². The first kappa shape index (κ1) is 12.4. The second-order valence-electron chi connectivity index (χ2n) is 3.76. The van der Waals surface area contributed by atoms with Crippen LogP contribution in [0, 0.1) is 0 Å². The Bertz CT molecular complexity index is 502. The lowest BCUT2D eigenvalue weighted by molar-refractivity contribution is 0.394. The number of hydrogen-bond acceptors (Lipinski definition) is 5. The van der Waals surface area contributed by atoms with E-state index in [1.165, 1.54) is 0 Å². The molecule has 0 aliphatic heterocycles. The van der Waals surface area contributed by atoms with Crippen molar-refractivity contribution in [2.45, 2.75) is 6.54 Å². The van der Waals surface area contributed by atoms with E-state index in [9.17, 15) is 0 Å². The van der Waals surface area contributed by atoms with Gasteiger partial charge in [-0.15, -0.1) is 5.10 Å². The van der Waals surface area contributed by atoms with E-state index in [1.54, 1.807) is 18.9 Å². The average molecular weight is 248 g/mol. The monoisotopic (exact) mass is 248 g/mol. The Morgan fingerprint density at radius 1 is 1.17 bits per heavy atom. The van der Waals surface area contributed by atoms with Crippen LogP contribution in [0.15, 0.2) is 24.4 Å². The lowest BCUT2D eigenvalue weighted by Crippen LogP contribution is -2.10. The van der Waals surface area contributed by atoms with Crippen molar-refractivity contribution in [2.24, 2.45) is 5.73 Å². The van der Waals surface area contributed by atoms with Gasteiger partial charge in [-0.3, -0.25) is 4.68 Å². The van der Waals surface area contributed by atoms with E-state index in [4.69, 9.17) is 15.2 Å². The van der Waals surface area contributed by atoms with Crippen LogP contribution in [-0.2, 0) is 6.54 Å². The Hall–Kier alpha value is -2.08. The fraction of sp³-hybridized carbons (Fsp3) is 0.333. The number of aromatic nitrogens is 3. The quantitative estimate of drug-likeness (QED) is 0.851. The van der Waals surface area contributed by atoms with Gasteiger partial charge in [0.05, 0.1) is 27.0 Å². The first-order valence-corrected chi connectivity index (χ1v) is 5.60. The number of nitrogens with two attached hydrogens (primary N) is 1. The highest BCUT2D eigenvalue weighted by molar-refractivity contribution is 5.62. The summed E-state index contributed by atoms with van der Waals surface area (Å²) in [6.45, 7) is 1.18. The number of hydrogen-bond donors (Lipinski definition) is 1. The van der Waals surface area contributed by atoms with Crippen molar-refractivity contribution in [2.75, 3.05) is 20.8 Å². The van der Waals surface area contributed by atoms with Crippen LogP contribution in [0.2, 0.25) is 0 Å². The molecule has 1 aromatic carbocycles. The smallest absolute Gasteiger partial charge is 0.123 e. The van der Waals surface area contributed by atoms with Crippen molar-refractivity contribution in [3.05, 3.63) is 24.4 Å². The van der Waals surface area contributed by atoms with Gasteiger partial charge in [0, 0.05) is 18.2 Å². The summed E-state index contributed by atoms with van der Waals surface area (Å²) in [5.41, 5.74) is 7.13. The lowest BCUT2D eigenvalue weighted by Gasteiger charge is -2.06. The van der Waals surface area contributed by atoms with Gasteiger partial charge in [-0.05, 0) is 12.1 Å². The average Bonchev–Trinajstić information content (AvgIpc) is 2.87. The van der Waals surface area contributed by atoms with Crippen molar-refractivity contribution in [3.63, 3.8) is 0 Å². The highest BCUT2D eigenvalue weighted by atomic mass is 16.5. The summed E-state index contributed by atoms with van der Waals surface area (Å²) in [6.07, 6.45) is 1.85. The fourth-order valence-electron chi connectivity index (χ4n) is 1.63. The highest BCUT2D eigenvalue weighted by Crippen LogP contribution is 2.28. The standard InChI is InChI=1S/C12H16N4O2/c1-17-10-5-9(6-11(7-10)18-2)12-8-16(4-3-13)15-14-12/h5-8H,3-4,13H2,1-2H3. The number of ether oxygens (including phenoxy) is 2. The minimum atomic E-state index is 0.532. The largest absolute Gasteiger partial charge is 0.497 e. The number of nitrogens with zero attached hydrogens (tertiary/aromatic N) is 3. The molecule has 0 aliphatic carbocycles. The predicted octanol–water partition coefficient (Wildman–Crippen LogP) is 0.921. The highest BCUT2D eigenvalue weighted by Gasteiger charge is 2.07. The topological polar surface area (TPSA) is 75.2 Å². The molecule has 0 unspecified atom stereocenters. The number of methoxy groups -OCH3 is 2. The van der Waals surface area contributed by atoms with Crippen LogP contribution in [0.5, 0.6) is 11.5 Å². The molecule has 2 rings (SSSR count). The van der Waals surface area contributed by atoms with Gasteiger partial charge in [0.15, 0.2) is 0 Å². The van der Waals surface area contributed by atoms with Gasteiger partial charge >= 0.3 is 0 Å². The van der Waals surface area contributed by atoms with E-state index in [1.807, 2.05) is 24.4 Å². The van der Waals surface area contributed by atoms with Crippen molar-refractivity contribution >= 4 is 0 Å². The molecule has 0 aliphatic rings. The van der Waals surface area contributed by atoms with E-state index >= 15 is 0 Å². The van der Waals surface area contributed by atoms with Crippen molar-refractivity contribution in [1.82, 2.24) is 15.0 Å². The molecule has 96 valence electrons. The number of benzene rings is 1. The van der Waals surface area contributed by atoms with E-state index in [0.29, 0.717) is 13.1 Å². The molecule has 2 N–H and O–H groups in total.